The van der Waals surface area contributed by atoms with Crippen LogP contribution in [-0.4, -0.2) is 11.5 Å². The van der Waals surface area contributed by atoms with E-state index in [9.17, 15) is 14.5 Å². The van der Waals surface area contributed by atoms with Crippen LogP contribution < -0.4 is 4.74 Å². The fraction of sp³-hybridized carbons (Fsp3) is 0.111. The second-order valence-corrected chi connectivity index (χ2v) is 3.36. The number of nitro benzene ring substituents is 1. The van der Waals surface area contributed by atoms with Crippen LogP contribution in [-0.2, 0) is 0 Å². The lowest BCUT2D eigenvalue weighted by Gasteiger charge is -2.05. The summed E-state index contributed by atoms with van der Waals surface area (Å²) in [7, 11) is 0. The van der Waals surface area contributed by atoms with Gasteiger partial charge in [-0.3, -0.25) is 10.1 Å². The van der Waals surface area contributed by atoms with E-state index in [1.807, 2.05) is 0 Å². The van der Waals surface area contributed by atoms with Crippen molar-refractivity contribution in [2.24, 2.45) is 0 Å². The van der Waals surface area contributed by atoms with E-state index in [-0.39, 0.29) is 16.8 Å². The maximum absolute atomic E-state index is 13.0. The van der Waals surface area contributed by atoms with Gasteiger partial charge in [0, 0.05) is 0 Å². The Hall–Kier alpha value is -1.43. The van der Waals surface area contributed by atoms with Crippen molar-refractivity contribution in [3.8, 4) is 5.75 Å². The Balaban J connectivity index is 3.20. The summed E-state index contributed by atoms with van der Waals surface area (Å²) in [6, 6.07) is 2.30. The highest BCUT2D eigenvalue weighted by Gasteiger charge is 2.22. The van der Waals surface area contributed by atoms with Crippen molar-refractivity contribution in [2.75, 3.05) is 6.61 Å². The van der Waals surface area contributed by atoms with Gasteiger partial charge < -0.3 is 4.74 Å². The minimum absolute atomic E-state index is 0.00757. The van der Waals surface area contributed by atoms with Crippen molar-refractivity contribution in [2.45, 2.75) is 0 Å². The van der Waals surface area contributed by atoms with Crippen molar-refractivity contribution in [3.05, 3.63) is 45.2 Å². The number of rotatable bonds is 4. The molecule has 1 rings (SSSR count). The SMILES string of the molecule is C=CCOc1ccc(F)c(Br)c1[N+](=O)[O-]. The molecule has 0 bridgehead atoms. The predicted molar refractivity (Wildman–Crippen MR) is 56.4 cm³/mol. The molecule has 0 aromatic heterocycles. The molecular weight excluding hydrogens is 269 g/mol. The summed E-state index contributed by atoms with van der Waals surface area (Å²) in [6.07, 6.45) is 1.45. The third-order valence-corrected chi connectivity index (χ3v) is 2.33. The molecule has 6 heteroatoms. The molecule has 4 nitrogen and oxygen atoms in total. The maximum atomic E-state index is 13.0. The lowest BCUT2D eigenvalue weighted by molar-refractivity contribution is -0.386. The van der Waals surface area contributed by atoms with E-state index in [0.29, 0.717) is 0 Å². The molecule has 0 unspecified atom stereocenters. The van der Waals surface area contributed by atoms with E-state index >= 15 is 0 Å². The van der Waals surface area contributed by atoms with Gasteiger partial charge in [0.05, 0.1) is 4.92 Å². The lowest BCUT2D eigenvalue weighted by Crippen LogP contribution is -2.00. The Bertz CT molecular complexity index is 409. The largest absolute Gasteiger partial charge is 0.483 e. The van der Waals surface area contributed by atoms with Crippen LogP contribution in [0.4, 0.5) is 10.1 Å². The first-order valence-corrected chi connectivity index (χ1v) is 4.73. The lowest BCUT2D eigenvalue weighted by atomic mass is 10.3. The Morgan fingerprint density at radius 1 is 1.67 bits per heavy atom. The van der Waals surface area contributed by atoms with E-state index in [1.54, 1.807) is 0 Å². The summed E-state index contributed by atoms with van der Waals surface area (Å²) in [6.45, 7) is 3.53. The minimum Gasteiger partial charge on any atom is -0.483 e. The van der Waals surface area contributed by atoms with Crippen molar-refractivity contribution < 1.29 is 14.1 Å². The molecule has 80 valence electrons. The van der Waals surface area contributed by atoms with E-state index in [0.717, 1.165) is 6.07 Å². The third kappa shape index (κ3) is 2.53. The van der Waals surface area contributed by atoms with Gasteiger partial charge in [0.25, 0.3) is 0 Å². The normalized spacial score (nSPS) is 9.73. The van der Waals surface area contributed by atoms with Gasteiger partial charge in [-0.05, 0) is 28.1 Å². The highest BCUT2D eigenvalue weighted by Crippen LogP contribution is 2.36. The quantitative estimate of drug-likeness (QED) is 0.482. The Morgan fingerprint density at radius 2 is 2.33 bits per heavy atom. The molecule has 0 amide bonds. The molecule has 0 aliphatic carbocycles. The molecule has 0 saturated heterocycles. The maximum Gasteiger partial charge on any atom is 0.327 e. The summed E-state index contributed by atoms with van der Waals surface area (Å²) in [5, 5.41) is 10.7. The molecule has 0 aliphatic heterocycles. The van der Waals surface area contributed by atoms with Crippen molar-refractivity contribution >= 4 is 21.6 Å². The van der Waals surface area contributed by atoms with Crippen LogP contribution in [0.3, 0.4) is 0 Å². The summed E-state index contributed by atoms with van der Waals surface area (Å²) >= 11 is 2.80. The molecule has 0 N–H and O–H groups in total. The summed E-state index contributed by atoms with van der Waals surface area (Å²) < 4.78 is 17.8. The van der Waals surface area contributed by atoms with Crippen molar-refractivity contribution in [3.63, 3.8) is 0 Å². The van der Waals surface area contributed by atoms with Gasteiger partial charge in [-0.15, -0.1) is 0 Å². The topological polar surface area (TPSA) is 52.4 Å². The first kappa shape index (κ1) is 11.6. The Kier molecular flexibility index (Phi) is 3.79. The van der Waals surface area contributed by atoms with Gasteiger partial charge >= 0.3 is 5.69 Å². The van der Waals surface area contributed by atoms with Crippen LogP contribution in [0.25, 0.3) is 0 Å². The highest BCUT2D eigenvalue weighted by molar-refractivity contribution is 9.10. The molecule has 1 aromatic rings. The predicted octanol–water partition coefficient (Wildman–Crippen LogP) is 3.06. The highest BCUT2D eigenvalue weighted by atomic mass is 79.9. The van der Waals surface area contributed by atoms with Gasteiger partial charge in [0.1, 0.15) is 16.9 Å². The fourth-order valence-electron chi connectivity index (χ4n) is 0.958. The van der Waals surface area contributed by atoms with Gasteiger partial charge in [-0.2, -0.15) is 0 Å². The zero-order chi connectivity index (χ0) is 11.4. The summed E-state index contributed by atoms with van der Waals surface area (Å²) in [4.78, 5) is 9.96. The molecule has 0 saturated carbocycles. The van der Waals surface area contributed by atoms with Gasteiger partial charge in [-0.1, -0.05) is 12.7 Å². The zero-order valence-electron chi connectivity index (χ0n) is 7.57. The smallest absolute Gasteiger partial charge is 0.327 e. The standard InChI is InChI=1S/C9H7BrFNO3/c1-2-5-15-7-4-3-6(11)8(10)9(7)12(13)14/h2-4H,1,5H2. The number of nitrogens with zero attached hydrogens (tertiary/aromatic N) is 1. The number of hydrogen-bond acceptors (Lipinski definition) is 3. The van der Waals surface area contributed by atoms with Crippen LogP contribution in [0.1, 0.15) is 0 Å². The van der Waals surface area contributed by atoms with Crippen LogP contribution in [0.2, 0.25) is 0 Å². The van der Waals surface area contributed by atoms with Crippen LogP contribution in [0.15, 0.2) is 29.3 Å². The van der Waals surface area contributed by atoms with Crippen LogP contribution >= 0.6 is 15.9 Å². The number of ether oxygens (including phenoxy) is 1. The first-order chi connectivity index (χ1) is 7.07. The zero-order valence-corrected chi connectivity index (χ0v) is 9.16. The average molecular weight is 276 g/mol. The van der Waals surface area contributed by atoms with Gasteiger partial charge in [-0.25, -0.2) is 4.39 Å². The monoisotopic (exact) mass is 275 g/mol. The number of hydrogen-bond donors (Lipinski definition) is 0. The molecule has 15 heavy (non-hydrogen) atoms. The van der Waals surface area contributed by atoms with E-state index in [2.05, 4.69) is 22.5 Å². The van der Waals surface area contributed by atoms with Crippen molar-refractivity contribution in [1.29, 1.82) is 0 Å². The number of benzene rings is 1. The molecule has 1 aromatic carbocycles. The molecule has 0 atom stereocenters. The molecule has 0 radical (unpaired) electrons. The fourth-order valence-corrected chi connectivity index (χ4v) is 1.43. The van der Waals surface area contributed by atoms with E-state index in [1.165, 1.54) is 12.1 Å². The molecule has 0 aliphatic rings. The van der Waals surface area contributed by atoms with Crippen LogP contribution in [0, 0.1) is 15.9 Å². The first-order valence-electron chi connectivity index (χ1n) is 3.94. The van der Waals surface area contributed by atoms with E-state index < -0.39 is 16.4 Å². The van der Waals surface area contributed by atoms with Gasteiger partial charge in [0.2, 0.25) is 0 Å². The molecule has 0 fully saturated rings. The van der Waals surface area contributed by atoms with Crippen molar-refractivity contribution in [1.82, 2.24) is 0 Å². The third-order valence-electron chi connectivity index (χ3n) is 1.57. The summed E-state index contributed by atoms with van der Waals surface area (Å²) in [5.74, 6) is -0.694. The Labute approximate surface area is 93.6 Å². The molecule has 0 heterocycles. The number of nitro groups is 1. The average Bonchev–Trinajstić information content (AvgIpc) is 2.19. The number of halogens is 2. The Morgan fingerprint density at radius 3 is 2.87 bits per heavy atom. The van der Waals surface area contributed by atoms with E-state index in [4.69, 9.17) is 4.74 Å². The second-order valence-electron chi connectivity index (χ2n) is 2.56. The molecule has 0 spiro atoms. The second kappa shape index (κ2) is 4.88. The summed E-state index contributed by atoms with van der Waals surface area (Å²) in [5.41, 5.74) is -0.420. The molecular formula is C9H7BrFNO3. The van der Waals surface area contributed by atoms with Crippen LogP contribution in [0.5, 0.6) is 5.75 Å². The van der Waals surface area contributed by atoms with Gasteiger partial charge in [0.15, 0.2) is 5.75 Å². The minimum atomic E-state index is -0.703.